The molecule has 1 aliphatic rings. The lowest BCUT2D eigenvalue weighted by Gasteiger charge is -2.41. The molecule has 0 unspecified atom stereocenters. The third-order valence-electron chi connectivity index (χ3n) is 3.74. The van der Waals surface area contributed by atoms with E-state index in [1.807, 2.05) is 0 Å². The van der Waals surface area contributed by atoms with Gasteiger partial charge in [-0.1, -0.05) is 6.42 Å². The van der Waals surface area contributed by atoms with Gasteiger partial charge in [-0.05, 0) is 39.7 Å². The maximum atomic E-state index is 12.4. The fourth-order valence-electron chi connectivity index (χ4n) is 2.54. The second kappa shape index (κ2) is 6.43. The van der Waals surface area contributed by atoms with Gasteiger partial charge >= 0.3 is 6.09 Å². The second-order valence-corrected chi connectivity index (χ2v) is 8.88. The van der Waals surface area contributed by atoms with Crippen molar-refractivity contribution in [1.82, 2.24) is 15.3 Å². The second-order valence-electron chi connectivity index (χ2n) is 7.00. The Kier molecular flexibility index (Phi) is 4.93. The minimum atomic E-state index is -3.58. The van der Waals surface area contributed by atoms with Gasteiger partial charge in [-0.3, -0.25) is 0 Å². The Labute approximate surface area is 136 Å². The molecule has 1 saturated carbocycles. The standard InChI is InChI=1S/C15H23N3O4S/c1-14(2,3)22-13(19)18-10-15(6-4-7-15)11-23(20,21)12-16-8-5-9-17-12/h5,8-9H,4,6-7,10-11H2,1-3H3,(H,18,19). The Morgan fingerprint density at radius 3 is 2.39 bits per heavy atom. The van der Waals surface area contributed by atoms with Crippen molar-refractivity contribution in [3.05, 3.63) is 18.5 Å². The molecule has 0 radical (unpaired) electrons. The van der Waals surface area contributed by atoms with E-state index in [-0.39, 0.29) is 17.5 Å². The van der Waals surface area contributed by atoms with Crippen molar-refractivity contribution in [2.75, 3.05) is 12.3 Å². The quantitative estimate of drug-likeness (QED) is 0.822. The van der Waals surface area contributed by atoms with E-state index in [9.17, 15) is 13.2 Å². The Hall–Kier alpha value is -1.70. The fraction of sp³-hybridized carbons (Fsp3) is 0.667. The summed E-state index contributed by atoms with van der Waals surface area (Å²) in [5.41, 5.74) is -1.05. The van der Waals surface area contributed by atoms with Crippen molar-refractivity contribution in [1.29, 1.82) is 0 Å². The average molecular weight is 341 g/mol. The molecule has 23 heavy (non-hydrogen) atoms. The largest absolute Gasteiger partial charge is 0.444 e. The molecule has 7 nitrogen and oxygen atoms in total. The predicted molar refractivity (Wildman–Crippen MR) is 84.6 cm³/mol. The van der Waals surface area contributed by atoms with Crippen molar-refractivity contribution < 1.29 is 17.9 Å². The van der Waals surface area contributed by atoms with E-state index in [0.29, 0.717) is 0 Å². The molecular weight excluding hydrogens is 318 g/mol. The molecule has 1 amide bonds. The van der Waals surface area contributed by atoms with Gasteiger partial charge in [-0.25, -0.2) is 23.2 Å². The lowest BCUT2D eigenvalue weighted by Crippen LogP contribution is -2.47. The summed E-state index contributed by atoms with van der Waals surface area (Å²) in [5.74, 6) is -0.0696. The number of aromatic nitrogens is 2. The van der Waals surface area contributed by atoms with Gasteiger partial charge in [0.05, 0.1) is 5.75 Å². The van der Waals surface area contributed by atoms with E-state index in [1.54, 1.807) is 26.8 Å². The Bertz CT molecular complexity index is 649. The molecule has 1 heterocycles. The minimum Gasteiger partial charge on any atom is -0.444 e. The van der Waals surface area contributed by atoms with Crippen LogP contribution in [-0.4, -0.2) is 42.4 Å². The van der Waals surface area contributed by atoms with Gasteiger partial charge in [0, 0.05) is 24.4 Å². The number of rotatable bonds is 5. The first-order valence-electron chi connectivity index (χ1n) is 7.59. The van der Waals surface area contributed by atoms with Crippen molar-refractivity contribution in [2.24, 2.45) is 5.41 Å². The molecular formula is C15H23N3O4S. The average Bonchev–Trinajstić information content (AvgIpc) is 2.41. The molecule has 0 aliphatic heterocycles. The molecule has 1 N–H and O–H groups in total. The molecule has 1 aromatic rings. The highest BCUT2D eigenvalue weighted by molar-refractivity contribution is 7.91. The highest BCUT2D eigenvalue weighted by Crippen LogP contribution is 2.42. The van der Waals surface area contributed by atoms with Gasteiger partial charge in [0.15, 0.2) is 0 Å². The summed E-state index contributed by atoms with van der Waals surface area (Å²) < 4.78 is 30.1. The highest BCUT2D eigenvalue weighted by atomic mass is 32.2. The van der Waals surface area contributed by atoms with E-state index < -0.39 is 26.9 Å². The SMILES string of the molecule is CC(C)(C)OC(=O)NCC1(CS(=O)(=O)c2ncccn2)CCC1. The summed E-state index contributed by atoms with van der Waals surface area (Å²) >= 11 is 0. The summed E-state index contributed by atoms with van der Waals surface area (Å²) in [7, 11) is -3.58. The third-order valence-corrected chi connectivity index (χ3v) is 5.50. The zero-order chi connectivity index (χ0) is 17.1. The number of carbonyl (C=O) groups is 1. The first kappa shape index (κ1) is 17.7. The Morgan fingerprint density at radius 1 is 1.30 bits per heavy atom. The summed E-state index contributed by atoms with van der Waals surface area (Å²) in [6, 6.07) is 1.57. The third kappa shape index (κ3) is 4.89. The minimum absolute atomic E-state index is 0.0696. The van der Waals surface area contributed by atoms with Crippen molar-refractivity contribution in [3.63, 3.8) is 0 Å². The number of nitrogens with one attached hydrogen (secondary N) is 1. The van der Waals surface area contributed by atoms with Crippen LogP contribution in [0.5, 0.6) is 0 Å². The number of hydrogen-bond donors (Lipinski definition) is 1. The van der Waals surface area contributed by atoms with Crippen LogP contribution in [0.25, 0.3) is 0 Å². The van der Waals surface area contributed by atoms with Crippen LogP contribution in [0, 0.1) is 5.41 Å². The smallest absolute Gasteiger partial charge is 0.407 e. The van der Waals surface area contributed by atoms with Crippen LogP contribution in [0.4, 0.5) is 4.79 Å². The van der Waals surface area contributed by atoms with Crippen LogP contribution in [0.15, 0.2) is 23.6 Å². The van der Waals surface area contributed by atoms with Crippen LogP contribution < -0.4 is 5.32 Å². The number of nitrogens with zero attached hydrogens (tertiary/aromatic N) is 2. The first-order valence-corrected chi connectivity index (χ1v) is 9.24. The van der Waals surface area contributed by atoms with Crippen LogP contribution in [-0.2, 0) is 14.6 Å². The number of sulfone groups is 1. The van der Waals surface area contributed by atoms with E-state index in [4.69, 9.17) is 4.74 Å². The summed E-state index contributed by atoms with van der Waals surface area (Å²) in [4.78, 5) is 19.4. The van der Waals surface area contributed by atoms with E-state index >= 15 is 0 Å². The van der Waals surface area contributed by atoms with Gasteiger partial charge in [0.1, 0.15) is 5.60 Å². The van der Waals surface area contributed by atoms with E-state index in [1.165, 1.54) is 12.4 Å². The molecule has 1 aromatic heterocycles. The molecule has 1 fully saturated rings. The maximum absolute atomic E-state index is 12.4. The summed E-state index contributed by atoms with van der Waals surface area (Å²) in [6.45, 7) is 5.61. The van der Waals surface area contributed by atoms with Gasteiger partial charge in [0.25, 0.3) is 0 Å². The van der Waals surface area contributed by atoms with Gasteiger partial charge in [-0.2, -0.15) is 0 Å². The molecule has 1 aliphatic carbocycles. The Balaban J connectivity index is 2.00. The normalized spacial score (nSPS) is 17.2. The van der Waals surface area contributed by atoms with Gasteiger partial charge in [-0.15, -0.1) is 0 Å². The number of hydrogen-bond acceptors (Lipinski definition) is 6. The first-order chi connectivity index (χ1) is 10.6. The molecule has 0 spiro atoms. The van der Waals surface area contributed by atoms with E-state index in [0.717, 1.165) is 19.3 Å². The molecule has 2 rings (SSSR count). The Morgan fingerprint density at radius 2 is 1.91 bits per heavy atom. The zero-order valence-corrected chi connectivity index (χ0v) is 14.5. The zero-order valence-electron chi connectivity index (χ0n) is 13.7. The number of alkyl carbamates (subject to hydrolysis) is 1. The van der Waals surface area contributed by atoms with Crippen LogP contribution in [0.3, 0.4) is 0 Å². The number of ether oxygens (including phenoxy) is 1. The molecule has 0 aromatic carbocycles. The fourth-order valence-corrected chi connectivity index (χ4v) is 4.31. The van der Waals surface area contributed by atoms with Crippen molar-refractivity contribution in [3.8, 4) is 0 Å². The van der Waals surface area contributed by atoms with Crippen LogP contribution in [0.1, 0.15) is 40.0 Å². The highest BCUT2D eigenvalue weighted by Gasteiger charge is 2.42. The molecule has 0 atom stereocenters. The van der Waals surface area contributed by atoms with Crippen molar-refractivity contribution in [2.45, 2.75) is 50.8 Å². The molecule has 0 bridgehead atoms. The van der Waals surface area contributed by atoms with Crippen LogP contribution >= 0.6 is 0 Å². The monoisotopic (exact) mass is 341 g/mol. The van der Waals surface area contributed by atoms with E-state index in [2.05, 4.69) is 15.3 Å². The lowest BCUT2D eigenvalue weighted by molar-refractivity contribution is 0.0471. The summed E-state index contributed by atoms with van der Waals surface area (Å²) in [6.07, 6.45) is 4.72. The lowest BCUT2D eigenvalue weighted by atomic mass is 9.70. The number of amides is 1. The number of carbonyl (C=O) groups excluding carboxylic acids is 1. The van der Waals surface area contributed by atoms with Gasteiger partial charge < -0.3 is 10.1 Å². The molecule has 128 valence electrons. The topological polar surface area (TPSA) is 98.2 Å². The summed E-state index contributed by atoms with van der Waals surface area (Å²) in [5, 5.41) is 2.53. The molecule has 0 saturated heterocycles. The maximum Gasteiger partial charge on any atom is 0.407 e. The molecule has 8 heteroatoms. The van der Waals surface area contributed by atoms with Crippen LogP contribution in [0.2, 0.25) is 0 Å². The predicted octanol–water partition coefficient (Wildman–Crippen LogP) is 1.95. The van der Waals surface area contributed by atoms with Gasteiger partial charge in [0.2, 0.25) is 15.0 Å². The van der Waals surface area contributed by atoms with Crippen molar-refractivity contribution >= 4 is 15.9 Å².